The minimum atomic E-state index is 0.233. The van der Waals surface area contributed by atoms with Gasteiger partial charge in [0.25, 0.3) is 0 Å². The molecule has 0 fully saturated rings. The van der Waals surface area contributed by atoms with E-state index in [1.165, 1.54) is 12.7 Å². The summed E-state index contributed by atoms with van der Waals surface area (Å²) in [5.74, 6) is 0. The molecule has 0 bridgehead atoms. The summed E-state index contributed by atoms with van der Waals surface area (Å²) >= 11 is 0. The Kier molecular flexibility index (Phi) is 7.42. The van der Waals surface area contributed by atoms with E-state index in [-0.39, 0.29) is 6.61 Å². The van der Waals surface area contributed by atoms with Gasteiger partial charge < -0.3 is 14.8 Å². The van der Waals surface area contributed by atoms with Gasteiger partial charge in [0.1, 0.15) is 6.26 Å². The van der Waals surface area contributed by atoms with Gasteiger partial charge in [0.2, 0.25) is 0 Å². The molecular weight excluding hydrogens is 132 g/mol. The van der Waals surface area contributed by atoms with Gasteiger partial charge in [0, 0.05) is 6.54 Å². The van der Waals surface area contributed by atoms with Gasteiger partial charge in [0.15, 0.2) is 6.39 Å². The molecule has 0 radical (unpaired) electrons. The lowest BCUT2D eigenvalue weighted by atomic mass is 10.7. The molecule has 1 aromatic heterocycles. The van der Waals surface area contributed by atoms with Crippen LogP contribution in [-0.4, -0.2) is 30.3 Å². The predicted molar refractivity (Wildman–Crippen MR) is 37.5 cm³/mol. The number of rotatable bonds is 2. The lowest BCUT2D eigenvalue weighted by Gasteiger charge is -1.84. The summed E-state index contributed by atoms with van der Waals surface area (Å²) in [6, 6.07) is 0. The molecule has 4 heteroatoms. The minimum Gasteiger partial charge on any atom is -0.452 e. The number of nitrogens with zero attached hydrogens (tertiary/aromatic N) is 1. The summed E-state index contributed by atoms with van der Waals surface area (Å²) in [6.45, 7) is 0.927. The minimum absolute atomic E-state index is 0.233. The average molecular weight is 144 g/mol. The van der Waals surface area contributed by atoms with E-state index in [1.54, 1.807) is 13.2 Å². The average Bonchev–Trinajstić information content (AvgIpc) is 2.44. The predicted octanol–water partition coefficient (Wildman–Crippen LogP) is -0.127. The zero-order chi connectivity index (χ0) is 7.66. The molecule has 0 saturated carbocycles. The van der Waals surface area contributed by atoms with Crippen LogP contribution in [0.2, 0.25) is 0 Å². The molecule has 0 spiro atoms. The maximum absolute atomic E-state index is 8.00. The van der Waals surface area contributed by atoms with Gasteiger partial charge in [-0.05, 0) is 7.05 Å². The van der Waals surface area contributed by atoms with Gasteiger partial charge in [-0.15, -0.1) is 0 Å². The second kappa shape index (κ2) is 8.13. The van der Waals surface area contributed by atoms with Crippen LogP contribution in [0.4, 0.5) is 0 Å². The van der Waals surface area contributed by atoms with E-state index >= 15 is 0 Å². The van der Waals surface area contributed by atoms with Crippen molar-refractivity contribution in [1.29, 1.82) is 0 Å². The van der Waals surface area contributed by atoms with Crippen molar-refractivity contribution in [3.05, 3.63) is 18.9 Å². The Hall–Kier alpha value is -0.870. The molecule has 1 heterocycles. The molecule has 0 atom stereocenters. The Morgan fingerprint density at radius 2 is 2.50 bits per heavy atom. The summed E-state index contributed by atoms with van der Waals surface area (Å²) in [6.07, 6.45) is 4.47. The van der Waals surface area contributed by atoms with Crippen LogP contribution in [-0.2, 0) is 0 Å². The van der Waals surface area contributed by atoms with Crippen LogP contribution >= 0.6 is 0 Å². The van der Waals surface area contributed by atoms with E-state index in [0.717, 1.165) is 0 Å². The molecule has 4 nitrogen and oxygen atoms in total. The van der Waals surface area contributed by atoms with E-state index in [1.807, 2.05) is 0 Å². The van der Waals surface area contributed by atoms with Crippen LogP contribution in [0.25, 0.3) is 0 Å². The Labute approximate surface area is 59.9 Å². The molecule has 0 aliphatic rings. The number of oxazole rings is 1. The monoisotopic (exact) mass is 144 g/mol. The first-order chi connectivity index (χ1) is 4.91. The lowest BCUT2D eigenvalue weighted by molar-refractivity contribution is 0.296. The fraction of sp³-hybridized carbons (Fsp3) is 0.500. The molecule has 2 N–H and O–H groups in total. The summed E-state index contributed by atoms with van der Waals surface area (Å²) in [7, 11) is 1.80. The van der Waals surface area contributed by atoms with Gasteiger partial charge in [-0.2, -0.15) is 0 Å². The largest absolute Gasteiger partial charge is 0.452 e. The lowest BCUT2D eigenvalue weighted by Crippen LogP contribution is -2.10. The zero-order valence-corrected chi connectivity index (χ0v) is 5.95. The molecule has 0 saturated heterocycles. The molecule has 10 heavy (non-hydrogen) atoms. The number of nitrogens with one attached hydrogen (secondary N) is 1. The number of aliphatic hydroxyl groups excluding tert-OH is 1. The Bertz CT molecular complexity index is 100. The van der Waals surface area contributed by atoms with Crippen LogP contribution < -0.4 is 5.32 Å². The highest BCUT2D eigenvalue weighted by Crippen LogP contribution is 1.72. The van der Waals surface area contributed by atoms with Crippen molar-refractivity contribution in [2.75, 3.05) is 20.2 Å². The smallest absolute Gasteiger partial charge is 0.180 e. The fourth-order valence-electron chi connectivity index (χ4n) is 0.287. The third-order valence-corrected chi connectivity index (χ3v) is 0.709. The van der Waals surface area contributed by atoms with Crippen molar-refractivity contribution in [3.63, 3.8) is 0 Å². The molecule has 0 aliphatic carbocycles. The Morgan fingerprint density at radius 3 is 2.60 bits per heavy atom. The molecule has 58 valence electrons. The number of aromatic nitrogens is 1. The van der Waals surface area contributed by atoms with Crippen molar-refractivity contribution in [2.24, 2.45) is 0 Å². The second-order valence-electron chi connectivity index (χ2n) is 1.50. The van der Waals surface area contributed by atoms with Crippen LogP contribution in [0.3, 0.4) is 0 Å². The molecule has 0 aromatic carbocycles. The Balaban J connectivity index is 0.000000162. The third-order valence-electron chi connectivity index (χ3n) is 0.709. The molecule has 0 aliphatic heterocycles. The van der Waals surface area contributed by atoms with Crippen LogP contribution in [0.1, 0.15) is 0 Å². The SMILES string of the molecule is CNCCO.c1cocn1. The number of aliphatic hydroxyl groups is 1. The highest BCUT2D eigenvalue weighted by molar-refractivity contribution is 4.56. The van der Waals surface area contributed by atoms with Crippen LogP contribution in [0, 0.1) is 0 Å². The van der Waals surface area contributed by atoms with Gasteiger partial charge in [-0.3, -0.25) is 0 Å². The first-order valence-corrected chi connectivity index (χ1v) is 2.99. The third kappa shape index (κ3) is 7.13. The summed E-state index contributed by atoms with van der Waals surface area (Å²) in [5, 5.41) is 10.8. The van der Waals surface area contributed by atoms with Crippen molar-refractivity contribution >= 4 is 0 Å². The maximum Gasteiger partial charge on any atom is 0.180 e. The van der Waals surface area contributed by atoms with Crippen LogP contribution in [0.15, 0.2) is 23.3 Å². The van der Waals surface area contributed by atoms with Gasteiger partial charge >= 0.3 is 0 Å². The van der Waals surface area contributed by atoms with Gasteiger partial charge in [0.05, 0.1) is 12.8 Å². The number of hydrogen-bond donors (Lipinski definition) is 2. The van der Waals surface area contributed by atoms with Gasteiger partial charge in [-0.25, -0.2) is 4.98 Å². The molecule has 1 rings (SSSR count). The van der Waals surface area contributed by atoms with Crippen molar-refractivity contribution < 1.29 is 9.52 Å². The highest BCUT2D eigenvalue weighted by Gasteiger charge is 1.65. The van der Waals surface area contributed by atoms with E-state index in [2.05, 4.69) is 14.7 Å². The topological polar surface area (TPSA) is 58.3 Å². The van der Waals surface area contributed by atoms with Gasteiger partial charge in [-0.1, -0.05) is 0 Å². The maximum atomic E-state index is 8.00. The first kappa shape index (κ1) is 9.13. The number of likely N-dealkylation sites (N-methyl/N-ethyl adjacent to an activating group) is 1. The normalized spacial score (nSPS) is 8.20. The standard InChI is InChI=1S/C3H3NO.C3H9NO/c1-2-5-3-4-1;1-4-2-3-5/h1-3H;4-5H,2-3H2,1H3. The zero-order valence-electron chi connectivity index (χ0n) is 5.95. The molecule has 0 amide bonds. The summed E-state index contributed by atoms with van der Waals surface area (Å²) < 4.78 is 4.47. The molecule has 0 unspecified atom stereocenters. The van der Waals surface area contributed by atoms with E-state index in [9.17, 15) is 0 Å². The van der Waals surface area contributed by atoms with E-state index in [0.29, 0.717) is 6.54 Å². The quantitative estimate of drug-likeness (QED) is 0.607. The Morgan fingerprint density at radius 1 is 1.70 bits per heavy atom. The molecule has 1 aromatic rings. The van der Waals surface area contributed by atoms with E-state index in [4.69, 9.17) is 5.11 Å². The van der Waals surface area contributed by atoms with Crippen molar-refractivity contribution in [1.82, 2.24) is 10.3 Å². The summed E-state index contributed by atoms with van der Waals surface area (Å²) in [5.41, 5.74) is 0. The first-order valence-electron chi connectivity index (χ1n) is 2.99. The van der Waals surface area contributed by atoms with Crippen molar-refractivity contribution in [3.8, 4) is 0 Å². The summed E-state index contributed by atoms with van der Waals surface area (Å²) in [4.78, 5) is 3.56. The van der Waals surface area contributed by atoms with Crippen LogP contribution in [0.5, 0.6) is 0 Å². The second-order valence-corrected chi connectivity index (χ2v) is 1.50. The van der Waals surface area contributed by atoms with E-state index < -0.39 is 0 Å². The highest BCUT2D eigenvalue weighted by atomic mass is 16.3. The fourth-order valence-corrected chi connectivity index (χ4v) is 0.287. The molecular formula is C6H12N2O2. The van der Waals surface area contributed by atoms with Crippen molar-refractivity contribution in [2.45, 2.75) is 0 Å². The number of hydrogen-bond acceptors (Lipinski definition) is 4.